The first-order chi connectivity index (χ1) is 8.06. The molecule has 0 aromatic heterocycles. The predicted molar refractivity (Wildman–Crippen MR) is 64.9 cm³/mol. The summed E-state index contributed by atoms with van der Waals surface area (Å²) in [6, 6.07) is 4.78. The molecule has 0 saturated carbocycles. The summed E-state index contributed by atoms with van der Waals surface area (Å²) >= 11 is 0. The number of aromatic carboxylic acids is 1. The minimum Gasteiger partial charge on any atom is -0.486 e. The van der Waals surface area contributed by atoms with E-state index in [0.717, 1.165) is 0 Å². The van der Waals surface area contributed by atoms with Crippen LogP contribution < -0.4 is 9.47 Å². The first kappa shape index (κ1) is 13.1. The molecule has 4 heteroatoms. The molecule has 0 atom stereocenters. The van der Waals surface area contributed by atoms with Crippen LogP contribution in [0.2, 0.25) is 0 Å². The van der Waals surface area contributed by atoms with Crippen LogP contribution in [-0.2, 0) is 0 Å². The van der Waals surface area contributed by atoms with Crippen molar-refractivity contribution in [3.63, 3.8) is 0 Å². The molecule has 4 nitrogen and oxygen atoms in total. The van der Waals surface area contributed by atoms with Gasteiger partial charge in [-0.15, -0.1) is 0 Å². The highest BCUT2D eigenvalue weighted by atomic mass is 16.5. The third-order valence-electron chi connectivity index (χ3n) is 1.92. The van der Waals surface area contributed by atoms with Crippen molar-refractivity contribution < 1.29 is 19.4 Å². The number of ether oxygens (including phenoxy) is 2. The van der Waals surface area contributed by atoms with E-state index in [9.17, 15) is 4.79 Å². The van der Waals surface area contributed by atoms with Crippen molar-refractivity contribution >= 4 is 5.97 Å². The lowest BCUT2D eigenvalue weighted by atomic mass is 10.2. The Bertz CT molecular complexity index is 410. The smallest absolute Gasteiger partial charge is 0.339 e. The quantitative estimate of drug-likeness (QED) is 0.771. The highest BCUT2D eigenvalue weighted by Crippen LogP contribution is 2.32. The summed E-state index contributed by atoms with van der Waals surface area (Å²) in [5, 5.41) is 9.07. The van der Waals surface area contributed by atoms with Gasteiger partial charge in [-0.1, -0.05) is 18.7 Å². The minimum absolute atomic E-state index is 0.0975. The van der Waals surface area contributed by atoms with Crippen molar-refractivity contribution in [1.29, 1.82) is 0 Å². The van der Waals surface area contributed by atoms with Crippen molar-refractivity contribution in [2.75, 3.05) is 6.61 Å². The molecule has 1 N–H and O–H groups in total. The van der Waals surface area contributed by atoms with Crippen LogP contribution in [0, 0.1) is 0 Å². The van der Waals surface area contributed by atoms with Crippen LogP contribution in [0.3, 0.4) is 0 Å². The Kier molecular flexibility index (Phi) is 4.57. The Hall–Kier alpha value is -1.97. The monoisotopic (exact) mass is 236 g/mol. The van der Waals surface area contributed by atoms with Gasteiger partial charge in [0.25, 0.3) is 0 Å². The molecule has 0 bridgehead atoms. The van der Waals surface area contributed by atoms with Crippen LogP contribution in [0.1, 0.15) is 24.2 Å². The zero-order valence-corrected chi connectivity index (χ0v) is 9.97. The van der Waals surface area contributed by atoms with E-state index < -0.39 is 5.97 Å². The lowest BCUT2D eigenvalue weighted by Crippen LogP contribution is -2.11. The highest BCUT2D eigenvalue weighted by Gasteiger charge is 2.17. The van der Waals surface area contributed by atoms with E-state index in [-0.39, 0.29) is 17.4 Å². The molecule has 0 aliphatic heterocycles. The van der Waals surface area contributed by atoms with Gasteiger partial charge in [0.1, 0.15) is 12.2 Å². The molecule has 17 heavy (non-hydrogen) atoms. The number of hydrogen-bond acceptors (Lipinski definition) is 3. The molecule has 0 amide bonds. The second-order valence-electron chi connectivity index (χ2n) is 3.70. The summed E-state index contributed by atoms with van der Waals surface area (Å²) in [5.41, 5.74) is 0.0975. The Morgan fingerprint density at radius 3 is 2.76 bits per heavy atom. The number of benzene rings is 1. The molecule has 0 spiro atoms. The maximum Gasteiger partial charge on any atom is 0.339 e. The molecule has 0 aliphatic rings. The van der Waals surface area contributed by atoms with Crippen molar-refractivity contribution in [3.8, 4) is 11.5 Å². The van der Waals surface area contributed by atoms with Gasteiger partial charge in [0.2, 0.25) is 0 Å². The lowest BCUT2D eigenvalue weighted by Gasteiger charge is -2.16. The number of carboxylic acid groups (broad SMARTS) is 1. The van der Waals surface area contributed by atoms with Gasteiger partial charge < -0.3 is 14.6 Å². The zero-order valence-electron chi connectivity index (χ0n) is 9.97. The van der Waals surface area contributed by atoms with Crippen LogP contribution >= 0.6 is 0 Å². The third kappa shape index (κ3) is 3.52. The van der Waals surface area contributed by atoms with E-state index >= 15 is 0 Å². The lowest BCUT2D eigenvalue weighted by molar-refractivity contribution is 0.0689. The van der Waals surface area contributed by atoms with Crippen LogP contribution in [0.15, 0.2) is 30.9 Å². The topological polar surface area (TPSA) is 55.8 Å². The molecule has 0 saturated heterocycles. The zero-order chi connectivity index (χ0) is 12.8. The second-order valence-corrected chi connectivity index (χ2v) is 3.70. The SMILES string of the molecule is C=CCOc1cccc(C(=O)O)c1OC(C)C. The van der Waals surface area contributed by atoms with Gasteiger partial charge in [0, 0.05) is 0 Å². The first-order valence-corrected chi connectivity index (χ1v) is 5.33. The van der Waals surface area contributed by atoms with Gasteiger partial charge in [0.05, 0.1) is 6.10 Å². The fraction of sp³-hybridized carbons (Fsp3) is 0.308. The highest BCUT2D eigenvalue weighted by molar-refractivity contribution is 5.92. The van der Waals surface area contributed by atoms with Gasteiger partial charge in [-0.3, -0.25) is 0 Å². The molecule has 0 heterocycles. The van der Waals surface area contributed by atoms with Crippen molar-refractivity contribution in [2.45, 2.75) is 20.0 Å². The number of rotatable bonds is 6. The molecule has 0 radical (unpaired) electrons. The average Bonchev–Trinajstić information content (AvgIpc) is 2.26. The third-order valence-corrected chi connectivity index (χ3v) is 1.92. The van der Waals surface area contributed by atoms with E-state index in [1.165, 1.54) is 6.07 Å². The van der Waals surface area contributed by atoms with Gasteiger partial charge in [-0.2, -0.15) is 0 Å². The van der Waals surface area contributed by atoms with Crippen molar-refractivity contribution in [2.24, 2.45) is 0 Å². The second kappa shape index (κ2) is 5.94. The summed E-state index contributed by atoms with van der Waals surface area (Å²) in [6.45, 7) is 7.50. The standard InChI is InChI=1S/C13H16O4/c1-4-8-16-11-7-5-6-10(13(14)15)12(11)17-9(2)3/h4-7,9H,1,8H2,2-3H3,(H,14,15). The van der Waals surface area contributed by atoms with Crippen LogP contribution in [0.5, 0.6) is 11.5 Å². The molecule has 1 aromatic carbocycles. The molecule has 0 aliphatic carbocycles. The fourth-order valence-electron chi connectivity index (χ4n) is 1.30. The summed E-state index contributed by atoms with van der Waals surface area (Å²) in [6.07, 6.45) is 1.47. The van der Waals surface area contributed by atoms with Crippen LogP contribution in [-0.4, -0.2) is 23.8 Å². The number of hydrogen-bond donors (Lipinski definition) is 1. The van der Waals surface area contributed by atoms with Crippen LogP contribution in [0.4, 0.5) is 0 Å². The van der Waals surface area contributed by atoms with E-state index in [2.05, 4.69) is 6.58 Å². The number of carbonyl (C=O) groups is 1. The largest absolute Gasteiger partial charge is 0.486 e. The molecule has 1 rings (SSSR count). The van der Waals surface area contributed by atoms with Crippen molar-refractivity contribution in [3.05, 3.63) is 36.4 Å². The van der Waals surface area contributed by atoms with Gasteiger partial charge in [0.15, 0.2) is 11.5 Å². The molecular formula is C13H16O4. The normalized spacial score (nSPS) is 10.1. The fourth-order valence-corrected chi connectivity index (χ4v) is 1.30. The van der Waals surface area contributed by atoms with Gasteiger partial charge >= 0.3 is 5.97 Å². The average molecular weight is 236 g/mol. The Morgan fingerprint density at radius 2 is 2.24 bits per heavy atom. The molecule has 0 fully saturated rings. The number of carboxylic acids is 1. The maximum atomic E-state index is 11.1. The van der Waals surface area contributed by atoms with E-state index in [0.29, 0.717) is 12.4 Å². The predicted octanol–water partition coefficient (Wildman–Crippen LogP) is 2.74. The number of para-hydroxylation sites is 1. The van der Waals surface area contributed by atoms with E-state index in [1.807, 2.05) is 13.8 Å². The minimum atomic E-state index is -1.04. The van der Waals surface area contributed by atoms with Gasteiger partial charge in [-0.05, 0) is 26.0 Å². The molecular weight excluding hydrogens is 220 g/mol. The first-order valence-electron chi connectivity index (χ1n) is 5.33. The summed E-state index contributed by atoms with van der Waals surface area (Å²) in [5.74, 6) is -0.361. The Balaban J connectivity index is 3.13. The molecule has 1 aromatic rings. The molecule has 0 unspecified atom stereocenters. The van der Waals surface area contributed by atoms with E-state index in [1.54, 1.807) is 18.2 Å². The summed E-state index contributed by atoms with van der Waals surface area (Å²) in [7, 11) is 0. The van der Waals surface area contributed by atoms with E-state index in [4.69, 9.17) is 14.6 Å². The Labute approximate surface area is 100 Å². The summed E-state index contributed by atoms with van der Waals surface area (Å²) in [4.78, 5) is 11.1. The Morgan fingerprint density at radius 1 is 1.53 bits per heavy atom. The maximum absolute atomic E-state index is 11.1. The summed E-state index contributed by atoms with van der Waals surface area (Å²) < 4.78 is 10.9. The van der Waals surface area contributed by atoms with Crippen molar-refractivity contribution in [1.82, 2.24) is 0 Å². The van der Waals surface area contributed by atoms with Gasteiger partial charge in [-0.25, -0.2) is 4.79 Å². The molecule has 92 valence electrons. The van der Waals surface area contributed by atoms with Crippen LogP contribution in [0.25, 0.3) is 0 Å².